The van der Waals surface area contributed by atoms with Gasteiger partial charge in [-0.1, -0.05) is 18.2 Å². The highest BCUT2D eigenvalue weighted by Gasteiger charge is 2.32. The Labute approximate surface area is 184 Å². The van der Waals surface area contributed by atoms with Crippen molar-refractivity contribution < 1.29 is 18.7 Å². The SMILES string of the molecule is Cc1cc(/C=C2\SC(=O)N(C)C2=O)c(C)n1-c1ccc(OCc2ccccc2F)cc1. The highest BCUT2D eigenvalue weighted by atomic mass is 32.2. The second kappa shape index (κ2) is 8.43. The van der Waals surface area contributed by atoms with Gasteiger partial charge in [-0.15, -0.1) is 0 Å². The molecule has 0 unspecified atom stereocenters. The average molecular weight is 437 g/mol. The fourth-order valence-electron chi connectivity index (χ4n) is 3.49. The minimum atomic E-state index is -0.286. The van der Waals surface area contributed by atoms with Crippen LogP contribution in [0.2, 0.25) is 0 Å². The third kappa shape index (κ3) is 4.14. The van der Waals surface area contributed by atoms with Crippen molar-refractivity contribution in [2.75, 3.05) is 7.05 Å². The zero-order valence-corrected chi connectivity index (χ0v) is 18.2. The summed E-state index contributed by atoms with van der Waals surface area (Å²) in [5.41, 5.74) is 4.29. The molecule has 0 radical (unpaired) electrons. The Balaban J connectivity index is 1.54. The fraction of sp³-hybridized carbons (Fsp3) is 0.167. The Hall–Kier alpha value is -3.32. The lowest BCUT2D eigenvalue weighted by molar-refractivity contribution is -0.121. The van der Waals surface area contributed by atoms with E-state index in [1.165, 1.54) is 13.1 Å². The molecule has 7 heteroatoms. The molecule has 158 valence electrons. The monoisotopic (exact) mass is 436 g/mol. The van der Waals surface area contributed by atoms with E-state index in [1.807, 2.05) is 44.2 Å². The number of aryl methyl sites for hydroxylation is 1. The van der Waals surface area contributed by atoms with E-state index < -0.39 is 0 Å². The van der Waals surface area contributed by atoms with E-state index in [0.717, 1.165) is 39.3 Å². The summed E-state index contributed by atoms with van der Waals surface area (Å²) < 4.78 is 21.5. The van der Waals surface area contributed by atoms with Crippen molar-refractivity contribution in [3.8, 4) is 11.4 Å². The summed E-state index contributed by atoms with van der Waals surface area (Å²) in [5, 5.41) is -0.268. The van der Waals surface area contributed by atoms with Crippen molar-refractivity contribution in [3.05, 3.63) is 87.8 Å². The molecule has 2 heterocycles. The van der Waals surface area contributed by atoms with Crippen LogP contribution in [0, 0.1) is 19.7 Å². The van der Waals surface area contributed by atoms with E-state index >= 15 is 0 Å². The summed E-state index contributed by atoms with van der Waals surface area (Å²) in [6.07, 6.45) is 1.76. The molecule has 2 aromatic carbocycles. The van der Waals surface area contributed by atoms with Crippen LogP contribution in [0.1, 0.15) is 22.5 Å². The quantitative estimate of drug-likeness (QED) is 0.497. The number of aromatic nitrogens is 1. The van der Waals surface area contributed by atoms with Crippen LogP contribution in [0.25, 0.3) is 11.8 Å². The van der Waals surface area contributed by atoms with Crippen molar-refractivity contribution >= 4 is 29.0 Å². The number of benzene rings is 2. The molecule has 1 aromatic heterocycles. The minimum absolute atomic E-state index is 0.157. The zero-order chi connectivity index (χ0) is 22.1. The number of likely N-dealkylation sites (N-methyl/N-ethyl adjacent to an activating group) is 1. The summed E-state index contributed by atoms with van der Waals surface area (Å²) >= 11 is 0.949. The Morgan fingerprint density at radius 1 is 1.06 bits per heavy atom. The van der Waals surface area contributed by atoms with Gasteiger partial charge in [0.15, 0.2) is 0 Å². The van der Waals surface area contributed by atoms with Gasteiger partial charge in [-0.25, -0.2) is 4.39 Å². The van der Waals surface area contributed by atoms with Crippen molar-refractivity contribution in [2.45, 2.75) is 20.5 Å². The first-order valence-electron chi connectivity index (χ1n) is 9.72. The maximum Gasteiger partial charge on any atom is 0.293 e. The Morgan fingerprint density at radius 2 is 1.77 bits per heavy atom. The number of rotatable bonds is 5. The van der Waals surface area contributed by atoms with E-state index in [-0.39, 0.29) is 23.6 Å². The number of hydrogen-bond acceptors (Lipinski definition) is 4. The highest BCUT2D eigenvalue weighted by molar-refractivity contribution is 8.18. The van der Waals surface area contributed by atoms with Crippen LogP contribution in [0.4, 0.5) is 9.18 Å². The zero-order valence-electron chi connectivity index (χ0n) is 17.4. The molecule has 0 spiro atoms. The van der Waals surface area contributed by atoms with Crippen LogP contribution in [-0.2, 0) is 11.4 Å². The van der Waals surface area contributed by atoms with Gasteiger partial charge in [0.1, 0.15) is 18.2 Å². The van der Waals surface area contributed by atoms with E-state index in [0.29, 0.717) is 16.2 Å². The molecule has 3 aromatic rings. The van der Waals surface area contributed by atoms with Gasteiger partial charge in [0.2, 0.25) is 0 Å². The summed E-state index contributed by atoms with van der Waals surface area (Å²) in [4.78, 5) is 25.5. The van der Waals surface area contributed by atoms with Gasteiger partial charge >= 0.3 is 0 Å². The number of thioether (sulfide) groups is 1. The van der Waals surface area contributed by atoms with Gasteiger partial charge in [0.25, 0.3) is 11.1 Å². The molecule has 0 atom stereocenters. The predicted octanol–water partition coefficient (Wildman–Crippen LogP) is 5.48. The van der Waals surface area contributed by atoms with Crippen molar-refractivity contribution in [1.29, 1.82) is 0 Å². The molecule has 4 rings (SSSR count). The maximum absolute atomic E-state index is 13.7. The van der Waals surface area contributed by atoms with Crippen molar-refractivity contribution in [3.63, 3.8) is 0 Å². The third-order valence-electron chi connectivity index (χ3n) is 5.19. The number of carbonyl (C=O) groups excluding carboxylic acids is 2. The van der Waals surface area contributed by atoms with Crippen LogP contribution in [0.3, 0.4) is 0 Å². The van der Waals surface area contributed by atoms with Crippen LogP contribution < -0.4 is 4.74 Å². The maximum atomic E-state index is 13.7. The van der Waals surface area contributed by atoms with Crippen LogP contribution in [-0.4, -0.2) is 27.7 Å². The second-order valence-electron chi connectivity index (χ2n) is 7.28. The lowest BCUT2D eigenvalue weighted by Crippen LogP contribution is -2.22. The van der Waals surface area contributed by atoms with Gasteiger partial charge in [0, 0.05) is 29.7 Å². The lowest BCUT2D eigenvalue weighted by Gasteiger charge is -2.12. The Bertz CT molecular complexity index is 1200. The summed E-state index contributed by atoms with van der Waals surface area (Å²) in [7, 11) is 1.48. The lowest BCUT2D eigenvalue weighted by atomic mass is 10.2. The summed E-state index contributed by atoms with van der Waals surface area (Å²) in [5.74, 6) is 0.0774. The number of hydrogen-bond donors (Lipinski definition) is 0. The van der Waals surface area contributed by atoms with Crippen molar-refractivity contribution in [2.24, 2.45) is 0 Å². The van der Waals surface area contributed by atoms with Gasteiger partial charge in [0.05, 0.1) is 4.91 Å². The molecule has 5 nitrogen and oxygen atoms in total. The van der Waals surface area contributed by atoms with Crippen LogP contribution in [0.15, 0.2) is 59.5 Å². The number of amides is 2. The summed E-state index contributed by atoms with van der Waals surface area (Å²) in [6, 6.07) is 16.1. The van der Waals surface area contributed by atoms with Crippen LogP contribution in [0.5, 0.6) is 5.75 Å². The molecule has 1 aliphatic heterocycles. The molecule has 1 saturated heterocycles. The van der Waals surface area contributed by atoms with E-state index in [9.17, 15) is 14.0 Å². The van der Waals surface area contributed by atoms with E-state index in [1.54, 1.807) is 24.3 Å². The minimum Gasteiger partial charge on any atom is -0.489 e. The molecule has 31 heavy (non-hydrogen) atoms. The number of nitrogens with zero attached hydrogens (tertiary/aromatic N) is 2. The smallest absolute Gasteiger partial charge is 0.293 e. The number of carbonyl (C=O) groups is 2. The normalized spacial score (nSPS) is 15.2. The van der Waals surface area contributed by atoms with Gasteiger partial charge in [-0.2, -0.15) is 0 Å². The third-order valence-corrected chi connectivity index (χ3v) is 6.15. The number of ether oxygens (including phenoxy) is 1. The molecule has 0 saturated carbocycles. The molecule has 0 bridgehead atoms. The molecular formula is C24H21FN2O3S. The summed E-state index contributed by atoms with van der Waals surface area (Å²) in [6.45, 7) is 4.11. The first-order valence-corrected chi connectivity index (χ1v) is 10.5. The van der Waals surface area contributed by atoms with Crippen molar-refractivity contribution in [1.82, 2.24) is 9.47 Å². The largest absolute Gasteiger partial charge is 0.489 e. The molecular weight excluding hydrogens is 415 g/mol. The molecule has 1 aliphatic rings. The van der Waals surface area contributed by atoms with E-state index in [2.05, 4.69) is 4.57 Å². The highest BCUT2D eigenvalue weighted by Crippen LogP contribution is 2.33. The van der Waals surface area contributed by atoms with Gasteiger partial charge in [-0.05, 0) is 73.6 Å². The number of imide groups is 1. The molecule has 0 aliphatic carbocycles. The first kappa shape index (κ1) is 20.9. The topological polar surface area (TPSA) is 51.5 Å². The Morgan fingerprint density at radius 3 is 2.42 bits per heavy atom. The van der Waals surface area contributed by atoms with Gasteiger partial charge < -0.3 is 9.30 Å². The average Bonchev–Trinajstić information content (AvgIpc) is 3.17. The Kier molecular flexibility index (Phi) is 5.69. The van der Waals surface area contributed by atoms with Crippen LogP contribution >= 0.6 is 11.8 Å². The molecule has 1 fully saturated rings. The van der Waals surface area contributed by atoms with E-state index in [4.69, 9.17) is 4.74 Å². The number of halogens is 1. The predicted molar refractivity (Wildman–Crippen MR) is 120 cm³/mol. The van der Waals surface area contributed by atoms with Gasteiger partial charge in [-0.3, -0.25) is 14.5 Å². The fourth-order valence-corrected chi connectivity index (χ4v) is 4.30. The molecule has 2 amide bonds. The first-order chi connectivity index (χ1) is 14.8. The second-order valence-corrected chi connectivity index (χ2v) is 8.27. The molecule has 0 N–H and O–H groups in total. The standard InChI is InChI=1S/C24H21FN2O3S/c1-15-12-18(13-22-23(28)26(3)24(29)31-22)16(2)27(15)19-8-10-20(11-9-19)30-14-17-6-4-5-7-21(17)25/h4-13H,14H2,1-3H3/b22-13-.